The van der Waals surface area contributed by atoms with Gasteiger partial charge in [0.15, 0.2) is 12.4 Å². The van der Waals surface area contributed by atoms with Crippen LogP contribution in [0.15, 0.2) is 47.0 Å². The van der Waals surface area contributed by atoms with E-state index in [1.165, 1.54) is 18.4 Å². The normalized spacial score (nSPS) is 10.8. The van der Waals surface area contributed by atoms with Crippen LogP contribution in [0.25, 0.3) is 10.1 Å². The summed E-state index contributed by atoms with van der Waals surface area (Å²) in [4.78, 5) is 29.0. The number of methoxy groups -OCH3 is 1. The second kappa shape index (κ2) is 9.56. The number of hydrogen-bond acceptors (Lipinski definition) is 8. The van der Waals surface area contributed by atoms with Gasteiger partial charge >= 0.3 is 5.97 Å². The molecule has 0 bridgehead atoms. The molecule has 0 saturated heterocycles. The van der Waals surface area contributed by atoms with Crippen molar-refractivity contribution in [3.05, 3.63) is 69.1 Å². The van der Waals surface area contributed by atoms with Crippen molar-refractivity contribution in [2.75, 3.05) is 12.4 Å². The first kappa shape index (κ1) is 22.1. The maximum atomic E-state index is 12.4. The van der Waals surface area contributed by atoms with Gasteiger partial charge in [0.1, 0.15) is 10.6 Å². The van der Waals surface area contributed by atoms with Gasteiger partial charge in [-0.15, -0.1) is 11.3 Å². The van der Waals surface area contributed by atoms with Crippen molar-refractivity contribution in [2.45, 2.75) is 13.0 Å². The number of rotatable bonds is 7. The van der Waals surface area contributed by atoms with Crippen LogP contribution in [0.5, 0.6) is 5.75 Å². The number of esters is 1. The first-order valence-electron chi connectivity index (χ1n) is 9.23. The molecule has 11 heteroatoms. The van der Waals surface area contributed by atoms with Crippen LogP contribution in [-0.2, 0) is 22.6 Å². The average molecular weight is 492 g/mol. The molecule has 0 aliphatic heterocycles. The summed E-state index contributed by atoms with van der Waals surface area (Å²) in [7, 11) is 1.51. The van der Waals surface area contributed by atoms with Gasteiger partial charge in [-0.25, -0.2) is 4.79 Å². The van der Waals surface area contributed by atoms with Crippen LogP contribution in [0.3, 0.4) is 0 Å². The lowest BCUT2D eigenvalue weighted by Gasteiger charge is -2.08. The zero-order valence-electron chi connectivity index (χ0n) is 16.6. The second-order valence-corrected chi connectivity index (χ2v) is 8.36. The number of halogens is 2. The molecule has 2 heterocycles. The first-order valence-corrected chi connectivity index (χ1v) is 10.8. The second-order valence-electron chi connectivity index (χ2n) is 6.49. The third kappa shape index (κ3) is 4.85. The van der Waals surface area contributed by atoms with Gasteiger partial charge in [-0.1, -0.05) is 46.6 Å². The number of carbonyl (C=O) groups is 2. The van der Waals surface area contributed by atoms with Gasteiger partial charge < -0.3 is 19.3 Å². The molecule has 0 radical (unpaired) electrons. The fraction of sp³-hybridized carbons (Fsp3) is 0.143. The molecule has 164 valence electrons. The van der Waals surface area contributed by atoms with Crippen molar-refractivity contribution < 1.29 is 23.6 Å². The Morgan fingerprint density at radius 3 is 2.81 bits per heavy atom. The molecule has 1 N–H and O–H groups in total. The van der Waals surface area contributed by atoms with Crippen molar-refractivity contribution >= 4 is 62.2 Å². The van der Waals surface area contributed by atoms with E-state index >= 15 is 0 Å². The summed E-state index contributed by atoms with van der Waals surface area (Å²) in [5.41, 5.74) is 0.527. The number of nitrogens with one attached hydrogen (secondary N) is 1. The number of carbonyl (C=O) groups excluding carboxylic acids is 2. The standard InChI is InChI=1S/C21H15Cl2N3O5S/c1-29-14-5-3-2-4-13(14)24-17(27)9-16-25-18(31-26-16)10-30-21(28)20-19(23)12-7-6-11(22)8-15(12)32-20/h2-8H,9-10H2,1H3,(H,24,27). The molecule has 1 amide bonds. The smallest absolute Gasteiger partial charge is 0.350 e. The highest BCUT2D eigenvalue weighted by atomic mass is 35.5. The van der Waals surface area contributed by atoms with E-state index in [1.54, 1.807) is 42.5 Å². The van der Waals surface area contributed by atoms with Crippen LogP contribution >= 0.6 is 34.5 Å². The van der Waals surface area contributed by atoms with Crippen molar-refractivity contribution in [1.29, 1.82) is 0 Å². The Morgan fingerprint density at radius 1 is 1.19 bits per heavy atom. The Labute approximate surface area is 196 Å². The summed E-state index contributed by atoms with van der Waals surface area (Å²) < 4.78 is 16.3. The van der Waals surface area contributed by atoms with E-state index in [4.69, 9.17) is 37.2 Å². The molecule has 4 rings (SSSR count). The average Bonchev–Trinajstić information content (AvgIpc) is 3.36. The van der Waals surface area contributed by atoms with E-state index in [2.05, 4.69) is 15.5 Å². The van der Waals surface area contributed by atoms with Crippen molar-refractivity contribution in [2.24, 2.45) is 0 Å². The molecule has 2 aromatic heterocycles. The van der Waals surface area contributed by atoms with Crippen LogP contribution in [0, 0.1) is 0 Å². The fourth-order valence-electron chi connectivity index (χ4n) is 2.87. The van der Waals surface area contributed by atoms with Gasteiger partial charge in [-0.3, -0.25) is 4.79 Å². The van der Waals surface area contributed by atoms with Crippen LogP contribution in [0.2, 0.25) is 10.0 Å². The van der Waals surface area contributed by atoms with Gasteiger partial charge in [0.25, 0.3) is 5.89 Å². The molecular weight excluding hydrogens is 477 g/mol. The number of para-hydroxylation sites is 2. The van der Waals surface area contributed by atoms with E-state index in [9.17, 15) is 9.59 Å². The highest BCUT2D eigenvalue weighted by molar-refractivity contribution is 7.21. The molecule has 32 heavy (non-hydrogen) atoms. The minimum absolute atomic E-state index is 0.0544. The molecule has 0 spiro atoms. The Hall–Kier alpha value is -3.14. The molecule has 0 unspecified atom stereocenters. The third-order valence-corrected chi connectivity index (χ3v) is 6.19. The lowest BCUT2D eigenvalue weighted by atomic mass is 10.2. The zero-order valence-corrected chi connectivity index (χ0v) is 18.9. The number of benzene rings is 2. The quantitative estimate of drug-likeness (QED) is 0.357. The summed E-state index contributed by atoms with van der Waals surface area (Å²) in [6, 6.07) is 12.2. The van der Waals surface area contributed by atoms with E-state index in [1.807, 2.05) is 0 Å². The maximum Gasteiger partial charge on any atom is 0.350 e. The predicted molar refractivity (Wildman–Crippen MR) is 121 cm³/mol. The number of nitrogens with zero attached hydrogens (tertiary/aromatic N) is 2. The lowest BCUT2D eigenvalue weighted by molar-refractivity contribution is -0.115. The number of fused-ring (bicyclic) bond motifs is 1. The van der Waals surface area contributed by atoms with Gasteiger partial charge in [0, 0.05) is 15.1 Å². The predicted octanol–water partition coefficient (Wildman–Crippen LogP) is 5.14. The number of anilines is 1. The highest BCUT2D eigenvalue weighted by Gasteiger charge is 2.20. The fourth-order valence-corrected chi connectivity index (χ4v) is 4.55. The van der Waals surface area contributed by atoms with Crippen LogP contribution < -0.4 is 10.1 Å². The zero-order chi connectivity index (χ0) is 22.7. The minimum atomic E-state index is -0.624. The van der Waals surface area contributed by atoms with Crippen molar-refractivity contribution in [1.82, 2.24) is 10.1 Å². The lowest BCUT2D eigenvalue weighted by Crippen LogP contribution is -2.15. The molecule has 8 nitrogen and oxygen atoms in total. The van der Waals surface area contributed by atoms with E-state index in [0.717, 1.165) is 4.70 Å². The Morgan fingerprint density at radius 2 is 2.00 bits per heavy atom. The summed E-state index contributed by atoms with van der Waals surface area (Å²) >= 11 is 13.5. The van der Waals surface area contributed by atoms with Gasteiger partial charge in [-0.2, -0.15) is 4.98 Å². The molecule has 0 aliphatic carbocycles. The van der Waals surface area contributed by atoms with Crippen LogP contribution in [-0.4, -0.2) is 29.1 Å². The summed E-state index contributed by atoms with van der Waals surface area (Å²) in [6.45, 7) is -0.259. The molecule has 2 aromatic carbocycles. The van der Waals surface area contributed by atoms with Gasteiger partial charge in [0.05, 0.1) is 24.2 Å². The Bertz CT molecular complexity index is 1300. The number of hydrogen-bond donors (Lipinski definition) is 1. The van der Waals surface area contributed by atoms with Gasteiger partial charge in [-0.05, 0) is 24.3 Å². The van der Waals surface area contributed by atoms with Gasteiger partial charge in [0.2, 0.25) is 5.91 Å². The molecule has 0 saturated carbocycles. The summed E-state index contributed by atoms with van der Waals surface area (Å²) in [5.74, 6) is -0.240. The minimum Gasteiger partial charge on any atom is -0.495 e. The number of amides is 1. The SMILES string of the molecule is COc1ccccc1NC(=O)Cc1noc(COC(=O)c2sc3cc(Cl)ccc3c2Cl)n1. The molecule has 4 aromatic rings. The van der Waals surface area contributed by atoms with E-state index < -0.39 is 5.97 Å². The first-order chi connectivity index (χ1) is 15.4. The Kier molecular flexibility index (Phi) is 6.59. The number of ether oxygens (including phenoxy) is 2. The monoisotopic (exact) mass is 491 g/mol. The largest absolute Gasteiger partial charge is 0.495 e. The molecule has 0 aliphatic rings. The topological polar surface area (TPSA) is 104 Å². The van der Waals surface area contributed by atoms with E-state index in [0.29, 0.717) is 26.9 Å². The van der Waals surface area contributed by atoms with Crippen molar-refractivity contribution in [3.8, 4) is 5.75 Å². The molecule has 0 atom stereocenters. The maximum absolute atomic E-state index is 12.4. The Balaban J connectivity index is 1.36. The number of aromatic nitrogens is 2. The third-order valence-electron chi connectivity index (χ3n) is 4.31. The summed E-state index contributed by atoms with van der Waals surface area (Å²) in [5, 5.41) is 8.02. The molecular formula is C21H15Cl2N3O5S. The number of thiophene rings is 1. The highest BCUT2D eigenvalue weighted by Crippen LogP contribution is 2.37. The van der Waals surface area contributed by atoms with E-state index in [-0.39, 0.29) is 35.5 Å². The van der Waals surface area contributed by atoms with Crippen LogP contribution in [0.1, 0.15) is 21.4 Å². The van der Waals surface area contributed by atoms with Crippen molar-refractivity contribution in [3.63, 3.8) is 0 Å². The molecule has 0 fully saturated rings. The van der Waals surface area contributed by atoms with Crippen LogP contribution in [0.4, 0.5) is 5.69 Å². The summed E-state index contributed by atoms with van der Waals surface area (Å²) in [6.07, 6.45) is -0.127.